The van der Waals surface area contributed by atoms with Crippen molar-refractivity contribution in [1.29, 1.82) is 0 Å². The van der Waals surface area contributed by atoms with E-state index < -0.39 is 95.2 Å². The molecule has 2 fully saturated rings. The number of Topliss-reactive ketones (excluding diaryl/α,β-unsaturated/α-hetero) is 2. The molecule has 0 bridgehead atoms. The van der Waals surface area contributed by atoms with Crippen LogP contribution in [0, 0.1) is 5.92 Å². The van der Waals surface area contributed by atoms with Crippen LogP contribution in [0.3, 0.4) is 0 Å². The number of ketones is 2. The van der Waals surface area contributed by atoms with Gasteiger partial charge in [-0.15, -0.1) is 16.7 Å². The van der Waals surface area contributed by atoms with Crippen LogP contribution in [0.4, 0.5) is 0 Å². The molecule has 6 N–H and O–H groups in total. The summed E-state index contributed by atoms with van der Waals surface area (Å²) in [6, 6.07) is -1.31. The number of esters is 4. The number of halogens is 1. The fourth-order valence-corrected chi connectivity index (χ4v) is 3.79. The maximum Gasteiger partial charge on any atom is 0.374 e. The van der Waals surface area contributed by atoms with Gasteiger partial charge in [0, 0.05) is 26.0 Å². The summed E-state index contributed by atoms with van der Waals surface area (Å²) in [5.74, 6) is -9.82. The van der Waals surface area contributed by atoms with Crippen molar-refractivity contribution in [3.63, 3.8) is 0 Å². The molecule has 0 aromatic carbocycles. The zero-order valence-electron chi connectivity index (χ0n) is 22.4. The van der Waals surface area contributed by atoms with Crippen LogP contribution in [-0.2, 0) is 57.3 Å². The number of nitrogens with zero attached hydrogens (tertiary/aromatic N) is 1. The molecule has 2 saturated heterocycles. The van der Waals surface area contributed by atoms with Crippen LogP contribution in [0.2, 0.25) is 0 Å². The smallest absolute Gasteiger partial charge is 0.374 e. The van der Waals surface area contributed by atoms with Gasteiger partial charge in [-0.25, -0.2) is 14.4 Å². The first kappa shape index (κ1) is 33.2. The molecule has 0 aromatic heterocycles. The quantitative estimate of drug-likeness (QED) is 0.0872. The van der Waals surface area contributed by atoms with Crippen LogP contribution in [0.15, 0.2) is 0 Å². The second kappa shape index (κ2) is 12.7. The summed E-state index contributed by atoms with van der Waals surface area (Å²) in [6.45, 7) is 2.85. The number of nitrogens with two attached hydrogens (primary N) is 3. The number of cyclic esters (lactones) is 1. The van der Waals surface area contributed by atoms with E-state index in [1.807, 2.05) is 0 Å². The molecule has 224 valence electrons. The van der Waals surface area contributed by atoms with E-state index in [4.69, 9.17) is 47.9 Å². The first-order valence-electron chi connectivity index (χ1n) is 12.1. The summed E-state index contributed by atoms with van der Waals surface area (Å²) in [6.07, 6.45) is -1.90. The Bertz CT molecular complexity index is 1080. The summed E-state index contributed by atoms with van der Waals surface area (Å²) in [7, 11) is 1.09. The van der Waals surface area contributed by atoms with E-state index in [0.29, 0.717) is 6.42 Å². The van der Waals surface area contributed by atoms with Crippen LogP contribution in [0.25, 0.3) is 0 Å². The maximum atomic E-state index is 13.2. The summed E-state index contributed by atoms with van der Waals surface area (Å²) >= 11 is 5.34. The van der Waals surface area contributed by atoms with E-state index in [1.165, 1.54) is 13.8 Å². The number of methoxy groups -OCH3 is 1. The van der Waals surface area contributed by atoms with Crippen molar-refractivity contribution in [2.45, 2.75) is 69.0 Å². The van der Waals surface area contributed by atoms with E-state index in [0.717, 1.165) is 19.1 Å². The molecule has 0 aromatic rings. The van der Waals surface area contributed by atoms with Gasteiger partial charge >= 0.3 is 29.8 Å². The minimum Gasteiger partial charge on any atom is -0.461 e. The van der Waals surface area contributed by atoms with Crippen molar-refractivity contribution < 1.29 is 57.3 Å². The Kier molecular flexibility index (Phi) is 10.5. The number of alkyl halides is 1. The summed E-state index contributed by atoms with van der Waals surface area (Å²) in [5, 5.41) is 0.858. The molecule has 0 aliphatic carbocycles. The van der Waals surface area contributed by atoms with Gasteiger partial charge < -0.3 is 35.3 Å². The molecular formula is C23H33ClN4O12. The van der Waals surface area contributed by atoms with Crippen molar-refractivity contribution in [1.82, 2.24) is 5.06 Å². The molecule has 0 amide bonds. The second-order valence-electron chi connectivity index (χ2n) is 9.91. The number of carbonyl (C=O) groups is 7. The molecule has 2 aliphatic rings. The van der Waals surface area contributed by atoms with Crippen LogP contribution in [0.1, 0.15) is 40.0 Å². The Labute approximate surface area is 233 Å². The third-order valence-corrected chi connectivity index (χ3v) is 6.84. The monoisotopic (exact) mass is 592 g/mol. The minimum absolute atomic E-state index is 0.0307. The van der Waals surface area contributed by atoms with Crippen molar-refractivity contribution in [2.75, 3.05) is 26.1 Å². The average molecular weight is 593 g/mol. The van der Waals surface area contributed by atoms with Crippen LogP contribution in [-0.4, -0.2) is 102 Å². The molecule has 40 heavy (non-hydrogen) atoms. The molecule has 2 heterocycles. The fraction of sp³-hybridized carbons (Fsp3) is 0.696. The zero-order chi connectivity index (χ0) is 30.6. The minimum atomic E-state index is -2.66. The molecule has 0 spiro atoms. The van der Waals surface area contributed by atoms with Gasteiger partial charge in [-0.2, -0.15) is 0 Å². The second-order valence-corrected chi connectivity index (χ2v) is 10.2. The molecule has 16 nitrogen and oxygen atoms in total. The standard InChI is InChI=1S/C23H33ClN4O12/c1-11(2)23(27,20(35)38-15(30)9-24)39-17(32)12-6-5-7-28(12)40-19(34)22(26)10-37-18(33)21(3,25)14(29)8-13(36-4)16(22)31/h11-13H,5-10,25-27H2,1-4H3/t12?,13?,21-,22-,23-/m1/s1. The Morgan fingerprint density at radius 1 is 1.20 bits per heavy atom. The van der Waals surface area contributed by atoms with E-state index in [-0.39, 0.29) is 13.0 Å². The van der Waals surface area contributed by atoms with Gasteiger partial charge in [-0.1, -0.05) is 13.8 Å². The summed E-state index contributed by atoms with van der Waals surface area (Å²) < 4.78 is 19.7. The number of ether oxygens (including phenoxy) is 4. The number of carbonyl (C=O) groups excluding carboxylic acids is 7. The number of rotatable bonds is 8. The van der Waals surface area contributed by atoms with Crippen LogP contribution >= 0.6 is 11.6 Å². The third-order valence-electron chi connectivity index (χ3n) is 6.62. The lowest BCUT2D eigenvalue weighted by atomic mass is 9.88. The number of hydrogen-bond donors (Lipinski definition) is 3. The normalized spacial score (nSPS) is 29.5. The van der Waals surface area contributed by atoms with Gasteiger partial charge in [0.15, 0.2) is 17.1 Å². The highest BCUT2D eigenvalue weighted by molar-refractivity contribution is 6.27. The van der Waals surface area contributed by atoms with Crippen LogP contribution < -0.4 is 17.2 Å². The Morgan fingerprint density at radius 2 is 1.82 bits per heavy atom. The van der Waals surface area contributed by atoms with Gasteiger partial charge in [-0.05, 0) is 19.8 Å². The van der Waals surface area contributed by atoms with E-state index in [2.05, 4.69) is 4.74 Å². The topological polar surface area (TPSA) is 247 Å². The highest BCUT2D eigenvalue weighted by Crippen LogP contribution is 2.27. The molecule has 5 atom stereocenters. The highest BCUT2D eigenvalue weighted by atomic mass is 35.5. The Hall–Kier alpha value is -3.02. The average Bonchev–Trinajstić information content (AvgIpc) is 3.37. The number of hydrogen-bond acceptors (Lipinski definition) is 16. The van der Waals surface area contributed by atoms with Gasteiger partial charge in [-0.3, -0.25) is 24.9 Å². The first-order valence-corrected chi connectivity index (χ1v) is 12.7. The molecule has 0 saturated carbocycles. The molecule has 0 radical (unpaired) electrons. The largest absolute Gasteiger partial charge is 0.461 e. The molecular weight excluding hydrogens is 560 g/mol. The van der Waals surface area contributed by atoms with Gasteiger partial charge in [0.1, 0.15) is 24.6 Å². The molecule has 2 unspecified atom stereocenters. The Balaban J connectivity index is 2.28. The first-order chi connectivity index (χ1) is 18.4. The van der Waals surface area contributed by atoms with E-state index >= 15 is 0 Å². The van der Waals surface area contributed by atoms with E-state index in [1.54, 1.807) is 0 Å². The molecule has 2 aliphatic heterocycles. The SMILES string of the molecule is COC1CC(=O)[C@@](C)(N)C(=O)OC[C@](N)(C(=O)ON2CCCC2C(=O)O[C@@](N)(C(=O)OC(=O)CCl)C(C)C)C1=O. The van der Waals surface area contributed by atoms with E-state index in [9.17, 15) is 33.6 Å². The Morgan fingerprint density at radius 3 is 2.38 bits per heavy atom. The third kappa shape index (κ3) is 6.64. The van der Waals surface area contributed by atoms with Crippen LogP contribution in [0.5, 0.6) is 0 Å². The van der Waals surface area contributed by atoms with Crippen molar-refractivity contribution in [3.8, 4) is 0 Å². The lowest BCUT2D eigenvalue weighted by molar-refractivity contribution is -0.216. The lowest BCUT2D eigenvalue weighted by Crippen LogP contribution is -2.64. The van der Waals surface area contributed by atoms with Crippen molar-refractivity contribution >= 4 is 53.0 Å². The maximum absolute atomic E-state index is 13.2. The van der Waals surface area contributed by atoms with Gasteiger partial charge in [0.2, 0.25) is 5.54 Å². The number of hydroxylamine groups is 2. The van der Waals surface area contributed by atoms with Gasteiger partial charge in [0.05, 0.1) is 0 Å². The predicted molar refractivity (Wildman–Crippen MR) is 131 cm³/mol. The zero-order valence-corrected chi connectivity index (χ0v) is 23.2. The van der Waals surface area contributed by atoms with Crippen molar-refractivity contribution in [2.24, 2.45) is 23.1 Å². The highest BCUT2D eigenvalue weighted by Gasteiger charge is 2.54. The summed E-state index contributed by atoms with van der Waals surface area (Å²) in [4.78, 5) is 93.6. The van der Waals surface area contributed by atoms with Gasteiger partial charge in [0.25, 0.3) is 5.72 Å². The fourth-order valence-electron chi connectivity index (χ4n) is 3.74. The van der Waals surface area contributed by atoms with Crippen molar-refractivity contribution in [3.05, 3.63) is 0 Å². The lowest BCUT2D eigenvalue weighted by Gasteiger charge is -2.33. The predicted octanol–water partition coefficient (Wildman–Crippen LogP) is -2.41. The molecule has 2 rings (SSSR count). The molecule has 17 heteroatoms. The summed E-state index contributed by atoms with van der Waals surface area (Å²) in [5.41, 5.74) is 10.6.